The van der Waals surface area contributed by atoms with E-state index in [-0.39, 0.29) is 40.2 Å². The van der Waals surface area contributed by atoms with Crippen LogP contribution in [0.2, 0.25) is 0 Å². The normalized spacial score (nSPS) is 13.5. The van der Waals surface area contributed by atoms with Gasteiger partial charge in [-0.15, -0.1) is 0 Å². The van der Waals surface area contributed by atoms with Crippen LogP contribution in [0.25, 0.3) is 0 Å². The first-order valence-corrected chi connectivity index (χ1v) is 9.27. The van der Waals surface area contributed by atoms with Crippen LogP contribution in [0.1, 0.15) is 46.4 Å². The van der Waals surface area contributed by atoms with Gasteiger partial charge in [0.25, 0.3) is 0 Å². The van der Waals surface area contributed by atoms with Gasteiger partial charge in [-0.2, -0.15) is 0 Å². The van der Waals surface area contributed by atoms with Gasteiger partial charge in [0.2, 0.25) is 11.6 Å². The number of aromatic nitrogens is 2. The van der Waals surface area contributed by atoms with Gasteiger partial charge in [0.15, 0.2) is 0 Å². The van der Waals surface area contributed by atoms with Crippen LogP contribution in [-0.2, 0) is 9.47 Å². The summed E-state index contributed by atoms with van der Waals surface area (Å²) in [6.07, 6.45) is 5.13. The third-order valence-electron chi connectivity index (χ3n) is 4.74. The second-order valence-electron chi connectivity index (χ2n) is 6.71. The number of carbonyl (C=O) groups is 2. The summed E-state index contributed by atoms with van der Waals surface area (Å²) in [6.45, 7) is 0. The van der Waals surface area contributed by atoms with Crippen LogP contribution in [0.15, 0.2) is 24.5 Å². The van der Waals surface area contributed by atoms with Crippen molar-refractivity contribution in [3.63, 3.8) is 0 Å². The molecule has 1 saturated carbocycles. The van der Waals surface area contributed by atoms with E-state index in [1.165, 1.54) is 38.7 Å². The molecular formula is C19H21N5O6. The summed E-state index contributed by atoms with van der Waals surface area (Å²) < 4.78 is 9.41. The van der Waals surface area contributed by atoms with E-state index >= 15 is 0 Å². The maximum Gasteiger partial charge on any atom is 0.353 e. The molecule has 0 spiro atoms. The number of ether oxygens (including phenoxy) is 2. The van der Waals surface area contributed by atoms with Crippen molar-refractivity contribution in [2.45, 2.75) is 31.7 Å². The van der Waals surface area contributed by atoms with Gasteiger partial charge in [0, 0.05) is 11.7 Å². The number of hydrogen-bond donors (Lipinski definition) is 2. The van der Waals surface area contributed by atoms with Crippen LogP contribution >= 0.6 is 0 Å². The van der Waals surface area contributed by atoms with Crippen molar-refractivity contribution in [2.75, 3.05) is 24.9 Å². The van der Waals surface area contributed by atoms with Crippen molar-refractivity contribution < 1.29 is 24.0 Å². The zero-order valence-corrected chi connectivity index (χ0v) is 16.5. The molecule has 11 heteroatoms. The summed E-state index contributed by atoms with van der Waals surface area (Å²) in [5.41, 5.74) is 0.0484. The molecule has 1 aliphatic carbocycles. The average molecular weight is 415 g/mol. The Labute approximate surface area is 172 Å². The molecule has 0 bridgehead atoms. The van der Waals surface area contributed by atoms with E-state index in [4.69, 9.17) is 9.47 Å². The molecule has 0 aliphatic heterocycles. The predicted molar refractivity (Wildman–Crippen MR) is 107 cm³/mol. The molecule has 0 radical (unpaired) electrons. The Morgan fingerprint density at radius 3 is 2.13 bits per heavy atom. The van der Waals surface area contributed by atoms with Crippen LogP contribution in [0.4, 0.5) is 23.0 Å². The zero-order chi connectivity index (χ0) is 21.7. The van der Waals surface area contributed by atoms with Crippen molar-refractivity contribution >= 4 is 34.9 Å². The van der Waals surface area contributed by atoms with E-state index in [1.54, 1.807) is 0 Å². The second-order valence-corrected chi connectivity index (χ2v) is 6.71. The van der Waals surface area contributed by atoms with Crippen molar-refractivity contribution in [3.8, 4) is 0 Å². The van der Waals surface area contributed by atoms with E-state index < -0.39 is 16.9 Å². The van der Waals surface area contributed by atoms with Crippen LogP contribution in [0.3, 0.4) is 0 Å². The van der Waals surface area contributed by atoms with Crippen molar-refractivity contribution in [3.05, 3.63) is 45.8 Å². The van der Waals surface area contributed by atoms with Crippen molar-refractivity contribution in [1.82, 2.24) is 9.97 Å². The third kappa shape index (κ3) is 4.62. The minimum Gasteiger partial charge on any atom is -0.465 e. The number of methoxy groups -OCH3 is 2. The molecule has 2 aromatic rings. The van der Waals surface area contributed by atoms with E-state index in [0.717, 1.165) is 25.7 Å². The maximum absolute atomic E-state index is 12.0. The Kier molecular flexibility index (Phi) is 6.40. The Morgan fingerprint density at radius 2 is 1.60 bits per heavy atom. The van der Waals surface area contributed by atoms with E-state index in [0.29, 0.717) is 0 Å². The number of nitro groups is 1. The maximum atomic E-state index is 12.0. The molecule has 11 nitrogen and oxygen atoms in total. The lowest BCUT2D eigenvalue weighted by Gasteiger charge is -2.14. The number of esters is 2. The Hall–Kier alpha value is -3.76. The third-order valence-corrected chi connectivity index (χ3v) is 4.74. The summed E-state index contributed by atoms with van der Waals surface area (Å²) in [5.74, 6) is -1.32. The average Bonchev–Trinajstić information content (AvgIpc) is 3.25. The Morgan fingerprint density at radius 1 is 1.03 bits per heavy atom. The fourth-order valence-electron chi connectivity index (χ4n) is 3.32. The molecule has 158 valence electrons. The molecule has 1 aliphatic rings. The fourth-order valence-corrected chi connectivity index (χ4v) is 3.32. The quantitative estimate of drug-likeness (QED) is 0.393. The molecule has 1 aromatic heterocycles. The molecule has 2 N–H and O–H groups in total. The first kappa shape index (κ1) is 21.0. The van der Waals surface area contributed by atoms with Crippen molar-refractivity contribution in [1.29, 1.82) is 0 Å². The van der Waals surface area contributed by atoms with Crippen LogP contribution in [0.5, 0.6) is 0 Å². The minimum absolute atomic E-state index is 0.0731. The van der Waals surface area contributed by atoms with Crippen molar-refractivity contribution in [2.24, 2.45) is 0 Å². The SMILES string of the molecule is COC(=O)c1cc(Nc2ncnc(NC3CCCC3)c2[N+](=O)[O-])cc(C(=O)OC)c1. The number of hydrogen-bond acceptors (Lipinski definition) is 10. The molecule has 30 heavy (non-hydrogen) atoms. The molecule has 0 atom stereocenters. The van der Waals surface area contributed by atoms with Crippen LogP contribution < -0.4 is 10.6 Å². The molecule has 0 saturated heterocycles. The Bertz CT molecular complexity index is 940. The summed E-state index contributed by atoms with van der Waals surface area (Å²) in [6, 6.07) is 4.21. The summed E-state index contributed by atoms with van der Waals surface area (Å²) in [4.78, 5) is 43.1. The number of carbonyl (C=O) groups excluding carboxylic acids is 2. The smallest absolute Gasteiger partial charge is 0.353 e. The molecule has 1 heterocycles. The minimum atomic E-state index is -0.676. The summed E-state index contributed by atoms with van der Waals surface area (Å²) in [5, 5.41) is 17.7. The Balaban J connectivity index is 1.99. The highest BCUT2D eigenvalue weighted by Gasteiger charge is 2.26. The summed E-state index contributed by atoms with van der Waals surface area (Å²) >= 11 is 0. The monoisotopic (exact) mass is 415 g/mol. The first-order chi connectivity index (χ1) is 14.4. The number of nitrogens with one attached hydrogen (secondary N) is 2. The van der Waals surface area contributed by atoms with E-state index in [2.05, 4.69) is 20.6 Å². The van der Waals surface area contributed by atoms with Gasteiger partial charge in [-0.05, 0) is 31.0 Å². The van der Waals surface area contributed by atoms with Gasteiger partial charge in [-0.1, -0.05) is 12.8 Å². The largest absolute Gasteiger partial charge is 0.465 e. The highest BCUT2D eigenvalue weighted by atomic mass is 16.6. The molecule has 3 rings (SSSR count). The zero-order valence-electron chi connectivity index (χ0n) is 16.5. The molecule has 1 aromatic carbocycles. The topological polar surface area (TPSA) is 146 Å². The van der Waals surface area contributed by atoms with Crippen LogP contribution in [0, 0.1) is 10.1 Å². The van der Waals surface area contributed by atoms with Gasteiger partial charge in [0.1, 0.15) is 6.33 Å². The van der Waals surface area contributed by atoms with E-state index in [1.807, 2.05) is 0 Å². The lowest BCUT2D eigenvalue weighted by atomic mass is 10.1. The molecule has 0 unspecified atom stereocenters. The number of rotatable bonds is 7. The molecule has 0 amide bonds. The second kappa shape index (κ2) is 9.16. The van der Waals surface area contributed by atoms with Gasteiger partial charge in [-0.3, -0.25) is 10.1 Å². The van der Waals surface area contributed by atoms with Gasteiger partial charge in [0.05, 0.1) is 30.3 Å². The number of anilines is 3. The highest BCUT2D eigenvalue weighted by Crippen LogP contribution is 2.33. The molecule has 1 fully saturated rings. The fraction of sp³-hybridized carbons (Fsp3) is 0.368. The van der Waals surface area contributed by atoms with Gasteiger partial charge >= 0.3 is 17.6 Å². The van der Waals surface area contributed by atoms with Gasteiger partial charge in [-0.25, -0.2) is 19.6 Å². The first-order valence-electron chi connectivity index (χ1n) is 9.27. The standard InChI is InChI=1S/C19H21N5O6/c1-29-18(25)11-7-12(19(26)30-2)9-14(8-11)23-17-15(24(27)28)16(20-10-21-17)22-13-5-3-4-6-13/h7-10,13H,3-6H2,1-2H3,(H2,20,21,22,23). The number of benzene rings is 1. The number of nitrogens with zero attached hydrogens (tertiary/aromatic N) is 3. The van der Waals surface area contributed by atoms with Crippen LogP contribution in [-0.4, -0.2) is 47.1 Å². The highest BCUT2D eigenvalue weighted by molar-refractivity contribution is 5.97. The lowest BCUT2D eigenvalue weighted by Crippen LogP contribution is -2.17. The summed E-state index contributed by atoms with van der Waals surface area (Å²) in [7, 11) is 2.41. The molecular weight excluding hydrogens is 394 g/mol. The van der Waals surface area contributed by atoms with E-state index in [9.17, 15) is 19.7 Å². The lowest BCUT2D eigenvalue weighted by molar-refractivity contribution is -0.383. The predicted octanol–water partition coefficient (Wildman–Crippen LogP) is 3.06. The van der Waals surface area contributed by atoms with Gasteiger partial charge < -0.3 is 20.1 Å².